The Labute approximate surface area is 86.4 Å². The minimum atomic E-state index is -1.48. The van der Waals surface area contributed by atoms with Gasteiger partial charge in [0.25, 0.3) is 0 Å². The molecule has 0 fully saturated rings. The van der Waals surface area contributed by atoms with Crippen LogP contribution < -0.4 is 5.73 Å². The van der Waals surface area contributed by atoms with E-state index in [1.54, 1.807) is 6.92 Å². The van der Waals surface area contributed by atoms with Crippen molar-refractivity contribution < 1.29 is 13.2 Å². The van der Waals surface area contributed by atoms with E-state index in [4.69, 9.17) is 5.73 Å². The van der Waals surface area contributed by atoms with Gasteiger partial charge in [0.15, 0.2) is 17.5 Å². The molecule has 2 N–H and O–H groups in total. The van der Waals surface area contributed by atoms with E-state index in [1.807, 2.05) is 0 Å². The summed E-state index contributed by atoms with van der Waals surface area (Å²) < 4.78 is 38.7. The lowest BCUT2D eigenvalue weighted by Gasteiger charge is -2.13. The zero-order chi connectivity index (χ0) is 11.6. The maximum atomic E-state index is 13.2. The molecule has 0 radical (unpaired) electrons. The lowest BCUT2D eigenvalue weighted by Crippen LogP contribution is -2.13. The molecule has 0 aliphatic heterocycles. The van der Waals surface area contributed by atoms with Gasteiger partial charge in [-0.2, -0.15) is 0 Å². The van der Waals surface area contributed by atoms with Gasteiger partial charge in [0.05, 0.1) is 0 Å². The average Bonchev–Trinajstić information content (AvgIpc) is 2.13. The molecule has 0 bridgehead atoms. The number of hydrogen-bond donors (Lipinski definition) is 1. The zero-order valence-electron chi connectivity index (χ0n) is 8.36. The third-order valence-corrected chi connectivity index (χ3v) is 2.03. The highest BCUT2D eigenvalue weighted by Gasteiger charge is 2.17. The SMILES string of the molecule is C=C(C)C[C@@H](N)c1ccc(F)c(F)c1F. The Morgan fingerprint density at radius 3 is 2.47 bits per heavy atom. The van der Waals surface area contributed by atoms with Gasteiger partial charge in [-0.1, -0.05) is 11.6 Å². The minimum Gasteiger partial charge on any atom is -0.324 e. The normalized spacial score (nSPS) is 12.6. The average molecular weight is 215 g/mol. The third kappa shape index (κ3) is 2.59. The first-order chi connectivity index (χ1) is 6.93. The molecular weight excluding hydrogens is 203 g/mol. The molecule has 1 rings (SSSR count). The molecule has 0 amide bonds. The van der Waals surface area contributed by atoms with Gasteiger partial charge in [0, 0.05) is 11.6 Å². The molecule has 0 saturated carbocycles. The molecule has 0 aliphatic carbocycles. The lowest BCUT2D eigenvalue weighted by atomic mass is 10.0. The molecule has 1 aromatic rings. The summed E-state index contributed by atoms with van der Waals surface area (Å²) in [6.07, 6.45) is 0.335. The highest BCUT2D eigenvalue weighted by Crippen LogP contribution is 2.23. The summed E-state index contributed by atoms with van der Waals surface area (Å²) in [6, 6.07) is 1.32. The predicted octanol–water partition coefficient (Wildman–Crippen LogP) is 3.07. The summed E-state index contributed by atoms with van der Waals surface area (Å²) in [7, 11) is 0. The predicted molar refractivity (Wildman–Crippen MR) is 52.7 cm³/mol. The number of hydrogen-bond acceptors (Lipinski definition) is 1. The Kier molecular flexibility index (Phi) is 3.52. The smallest absolute Gasteiger partial charge is 0.194 e. The van der Waals surface area contributed by atoms with Crippen molar-refractivity contribution >= 4 is 0 Å². The fourth-order valence-electron chi connectivity index (χ4n) is 1.31. The van der Waals surface area contributed by atoms with Crippen LogP contribution in [0.1, 0.15) is 24.9 Å². The van der Waals surface area contributed by atoms with Crippen LogP contribution in [0, 0.1) is 17.5 Å². The summed E-state index contributed by atoms with van der Waals surface area (Å²) in [4.78, 5) is 0. The first-order valence-electron chi connectivity index (χ1n) is 4.46. The van der Waals surface area contributed by atoms with Gasteiger partial charge in [-0.05, 0) is 19.4 Å². The maximum absolute atomic E-state index is 13.2. The topological polar surface area (TPSA) is 26.0 Å². The third-order valence-electron chi connectivity index (χ3n) is 2.03. The van der Waals surface area contributed by atoms with E-state index < -0.39 is 23.5 Å². The second-order valence-electron chi connectivity index (χ2n) is 3.53. The van der Waals surface area contributed by atoms with E-state index in [9.17, 15) is 13.2 Å². The quantitative estimate of drug-likeness (QED) is 0.608. The maximum Gasteiger partial charge on any atom is 0.194 e. The molecule has 82 valence electrons. The van der Waals surface area contributed by atoms with E-state index in [2.05, 4.69) is 6.58 Å². The van der Waals surface area contributed by atoms with E-state index in [-0.39, 0.29) is 5.56 Å². The van der Waals surface area contributed by atoms with E-state index in [0.29, 0.717) is 6.42 Å². The van der Waals surface area contributed by atoms with Crippen molar-refractivity contribution in [1.29, 1.82) is 0 Å². The van der Waals surface area contributed by atoms with Gasteiger partial charge in [0.1, 0.15) is 0 Å². The molecule has 4 heteroatoms. The molecule has 0 aliphatic rings. The monoisotopic (exact) mass is 215 g/mol. The molecular formula is C11H12F3N. The number of halogens is 3. The van der Waals surface area contributed by atoms with Crippen LogP contribution >= 0.6 is 0 Å². The summed E-state index contributed by atoms with van der Waals surface area (Å²) in [6.45, 7) is 5.35. The van der Waals surface area contributed by atoms with Crippen molar-refractivity contribution in [1.82, 2.24) is 0 Å². The molecule has 0 unspecified atom stereocenters. The zero-order valence-corrected chi connectivity index (χ0v) is 8.36. The molecule has 1 nitrogen and oxygen atoms in total. The second kappa shape index (κ2) is 4.49. The van der Waals surface area contributed by atoms with Crippen LogP contribution in [0.3, 0.4) is 0 Å². The van der Waals surface area contributed by atoms with Crippen LogP contribution in [0.4, 0.5) is 13.2 Å². The Morgan fingerprint density at radius 1 is 1.33 bits per heavy atom. The fraction of sp³-hybridized carbons (Fsp3) is 0.273. The molecule has 0 aromatic heterocycles. The van der Waals surface area contributed by atoms with Gasteiger partial charge in [0.2, 0.25) is 0 Å². The van der Waals surface area contributed by atoms with Gasteiger partial charge in [-0.25, -0.2) is 13.2 Å². The number of benzene rings is 1. The van der Waals surface area contributed by atoms with Crippen LogP contribution in [-0.2, 0) is 0 Å². The first kappa shape index (κ1) is 11.8. The van der Waals surface area contributed by atoms with E-state index in [0.717, 1.165) is 17.7 Å². The highest BCUT2D eigenvalue weighted by molar-refractivity contribution is 5.24. The van der Waals surface area contributed by atoms with Crippen molar-refractivity contribution in [3.8, 4) is 0 Å². The molecule has 0 heterocycles. The van der Waals surface area contributed by atoms with Crippen molar-refractivity contribution in [2.45, 2.75) is 19.4 Å². The highest BCUT2D eigenvalue weighted by atomic mass is 19.2. The Hall–Kier alpha value is -1.29. The van der Waals surface area contributed by atoms with Gasteiger partial charge in [-0.15, -0.1) is 6.58 Å². The first-order valence-corrected chi connectivity index (χ1v) is 4.46. The van der Waals surface area contributed by atoms with E-state index in [1.165, 1.54) is 0 Å². The Morgan fingerprint density at radius 2 is 1.93 bits per heavy atom. The Balaban J connectivity index is 3.05. The summed E-state index contributed by atoms with van der Waals surface area (Å²) >= 11 is 0. The minimum absolute atomic E-state index is 0.0306. The Bertz CT molecular complexity index is 388. The largest absolute Gasteiger partial charge is 0.324 e. The van der Waals surface area contributed by atoms with Crippen LogP contribution in [0.15, 0.2) is 24.3 Å². The van der Waals surface area contributed by atoms with Gasteiger partial charge >= 0.3 is 0 Å². The van der Waals surface area contributed by atoms with Gasteiger partial charge in [-0.3, -0.25) is 0 Å². The summed E-state index contributed by atoms with van der Waals surface area (Å²) in [5, 5.41) is 0. The molecule has 1 atom stereocenters. The van der Waals surface area contributed by atoms with E-state index >= 15 is 0 Å². The van der Waals surface area contributed by atoms with Crippen molar-refractivity contribution in [3.63, 3.8) is 0 Å². The fourth-order valence-corrected chi connectivity index (χ4v) is 1.31. The molecule has 15 heavy (non-hydrogen) atoms. The summed E-state index contributed by atoms with van der Waals surface area (Å²) in [5.41, 5.74) is 6.35. The van der Waals surface area contributed by atoms with Crippen molar-refractivity contribution in [2.24, 2.45) is 5.73 Å². The summed E-state index contributed by atoms with van der Waals surface area (Å²) in [5.74, 6) is -3.91. The second-order valence-corrected chi connectivity index (χ2v) is 3.53. The van der Waals surface area contributed by atoms with Crippen molar-refractivity contribution in [3.05, 3.63) is 47.3 Å². The van der Waals surface area contributed by atoms with Crippen molar-refractivity contribution in [2.75, 3.05) is 0 Å². The van der Waals surface area contributed by atoms with Crippen LogP contribution in [0.2, 0.25) is 0 Å². The van der Waals surface area contributed by atoms with Gasteiger partial charge < -0.3 is 5.73 Å². The number of nitrogens with two attached hydrogens (primary N) is 1. The lowest BCUT2D eigenvalue weighted by molar-refractivity contribution is 0.435. The standard InChI is InChI=1S/C11H12F3N/c1-6(2)5-9(15)7-3-4-8(12)11(14)10(7)13/h3-4,9H,1,5,15H2,2H3/t9-/m1/s1. The van der Waals surface area contributed by atoms with Crippen LogP contribution in [-0.4, -0.2) is 0 Å². The molecule has 1 aromatic carbocycles. The molecule has 0 spiro atoms. The van der Waals surface area contributed by atoms with Crippen LogP contribution in [0.25, 0.3) is 0 Å². The van der Waals surface area contributed by atoms with Crippen LogP contribution in [0.5, 0.6) is 0 Å². The molecule has 0 saturated heterocycles. The number of rotatable bonds is 3.